The van der Waals surface area contributed by atoms with Crippen LogP contribution >= 0.6 is 11.3 Å². The average Bonchev–Trinajstić information content (AvgIpc) is 2.70. The van der Waals surface area contributed by atoms with Gasteiger partial charge in [0.15, 0.2) is 5.13 Å². The Balaban J connectivity index is 2.03. The van der Waals surface area contributed by atoms with E-state index >= 15 is 0 Å². The molecule has 0 saturated carbocycles. The van der Waals surface area contributed by atoms with Gasteiger partial charge in [0.2, 0.25) is 10.0 Å². The van der Waals surface area contributed by atoms with Crippen molar-refractivity contribution in [2.45, 2.75) is 20.8 Å². The molecule has 2 heterocycles. The lowest BCUT2D eigenvalue weighted by molar-refractivity contribution is 0.385. The maximum Gasteiger partial charge on any atom is 0.213 e. The summed E-state index contributed by atoms with van der Waals surface area (Å²) < 4.78 is 25.1. The molecule has 0 aliphatic carbocycles. The first-order chi connectivity index (χ1) is 8.44. The van der Waals surface area contributed by atoms with Crippen molar-refractivity contribution in [2.75, 3.05) is 36.8 Å². The van der Waals surface area contributed by atoms with Gasteiger partial charge in [-0.3, -0.25) is 0 Å². The molecule has 0 aromatic carbocycles. The molecule has 0 atom stereocenters. The van der Waals surface area contributed by atoms with Gasteiger partial charge in [-0.25, -0.2) is 13.4 Å². The molecule has 1 saturated heterocycles. The molecule has 0 N–H and O–H groups in total. The minimum absolute atomic E-state index is 0.183. The maximum atomic E-state index is 11.8. The normalized spacial score (nSPS) is 18.3. The molecule has 0 unspecified atom stereocenters. The molecule has 7 heteroatoms. The predicted octanol–water partition coefficient (Wildman–Crippen LogP) is 1.23. The first-order valence-electron chi connectivity index (χ1n) is 6.11. The lowest BCUT2D eigenvalue weighted by atomic mass is 10.4. The summed E-state index contributed by atoms with van der Waals surface area (Å²) in [5, 5.41) is 1.01. The zero-order valence-electron chi connectivity index (χ0n) is 11.0. The number of sulfonamides is 1. The Kier molecular flexibility index (Phi) is 3.93. The van der Waals surface area contributed by atoms with Gasteiger partial charge in [0.1, 0.15) is 0 Å². The molecule has 1 aliphatic rings. The van der Waals surface area contributed by atoms with Crippen LogP contribution in [0.4, 0.5) is 5.13 Å². The SMILES string of the molecule is CCS(=O)(=O)N1CCN(c2nc(C)c(C)s2)CC1. The second kappa shape index (κ2) is 5.14. The molecule has 0 radical (unpaired) electrons. The van der Waals surface area contributed by atoms with Crippen molar-refractivity contribution in [3.05, 3.63) is 10.6 Å². The molecular weight excluding hydrogens is 270 g/mol. The minimum Gasteiger partial charge on any atom is -0.345 e. The van der Waals surface area contributed by atoms with Crippen molar-refractivity contribution in [1.29, 1.82) is 0 Å². The van der Waals surface area contributed by atoms with Crippen molar-refractivity contribution in [1.82, 2.24) is 9.29 Å². The van der Waals surface area contributed by atoms with Crippen LogP contribution in [-0.4, -0.2) is 49.6 Å². The zero-order chi connectivity index (χ0) is 13.3. The standard InChI is InChI=1S/C11H19N3O2S2/c1-4-18(15,16)14-7-5-13(6-8-14)11-12-9(2)10(3)17-11/h4-8H2,1-3H3. The van der Waals surface area contributed by atoms with E-state index in [1.165, 1.54) is 4.88 Å². The summed E-state index contributed by atoms with van der Waals surface area (Å²) in [5.74, 6) is 0.183. The summed E-state index contributed by atoms with van der Waals surface area (Å²) >= 11 is 1.68. The Morgan fingerprint density at radius 3 is 2.28 bits per heavy atom. The second-order valence-electron chi connectivity index (χ2n) is 4.42. The van der Waals surface area contributed by atoms with Crippen LogP contribution in [0.2, 0.25) is 0 Å². The Hall–Kier alpha value is -0.660. The van der Waals surface area contributed by atoms with Gasteiger partial charge in [0.25, 0.3) is 0 Å². The Morgan fingerprint density at radius 1 is 1.22 bits per heavy atom. The average molecular weight is 289 g/mol. The summed E-state index contributed by atoms with van der Waals surface area (Å²) in [4.78, 5) is 7.92. The van der Waals surface area contributed by atoms with E-state index in [9.17, 15) is 8.42 Å². The van der Waals surface area contributed by atoms with E-state index in [1.54, 1.807) is 22.6 Å². The number of aryl methyl sites for hydroxylation is 2. The fourth-order valence-electron chi connectivity index (χ4n) is 1.93. The molecule has 1 aromatic rings. The van der Waals surface area contributed by atoms with E-state index in [0.717, 1.165) is 23.9 Å². The molecule has 1 aliphatic heterocycles. The summed E-state index contributed by atoms with van der Waals surface area (Å²) in [6.07, 6.45) is 0. The molecule has 1 aromatic heterocycles. The van der Waals surface area contributed by atoms with Crippen LogP contribution in [-0.2, 0) is 10.0 Å². The van der Waals surface area contributed by atoms with Crippen molar-refractivity contribution >= 4 is 26.5 Å². The predicted molar refractivity (Wildman–Crippen MR) is 74.8 cm³/mol. The highest BCUT2D eigenvalue weighted by Crippen LogP contribution is 2.26. The van der Waals surface area contributed by atoms with Gasteiger partial charge in [-0.2, -0.15) is 4.31 Å². The van der Waals surface area contributed by atoms with Gasteiger partial charge >= 0.3 is 0 Å². The van der Waals surface area contributed by atoms with Crippen LogP contribution in [0.15, 0.2) is 0 Å². The van der Waals surface area contributed by atoms with Crippen LogP contribution in [0.1, 0.15) is 17.5 Å². The van der Waals surface area contributed by atoms with Gasteiger partial charge in [-0.15, -0.1) is 11.3 Å². The van der Waals surface area contributed by atoms with Crippen molar-refractivity contribution in [3.8, 4) is 0 Å². The van der Waals surface area contributed by atoms with E-state index in [4.69, 9.17) is 0 Å². The molecular formula is C11H19N3O2S2. The smallest absolute Gasteiger partial charge is 0.213 e. The molecule has 0 spiro atoms. The third-order valence-corrected chi connectivity index (χ3v) is 6.30. The van der Waals surface area contributed by atoms with Crippen LogP contribution in [0, 0.1) is 13.8 Å². The minimum atomic E-state index is -3.04. The van der Waals surface area contributed by atoms with Gasteiger partial charge in [-0.1, -0.05) is 0 Å². The second-order valence-corrected chi connectivity index (χ2v) is 7.86. The summed E-state index contributed by atoms with van der Waals surface area (Å²) in [5.41, 5.74) is 1.07. The van der Waals surface area contributed by atoms with E-state index in [1.807, 2.05) is 6.92 Å². The number of hydrogen-bond acceptors (Lipinski definition) is 5. The van der Waals surface area contributed by atoms with Crippen molar-refractivity contribution in [2.24, 2.45) is 0 Å². The largest absolute Gasteiger partial charge is 0.345 e. The third-order valence-electron chi connectivity index (χ3n) is 3.28. The van der Waals surface area contributed by atoms with E-state index in [0.29, 0.717) is 13.1 Å². The quantitative estimate of drug-likeness (QED) is 0.840. The van der Waals surface area contributed by atoms with E-state index in [2.05, 4.69) is 16.8 Å². The fourth-order valence-corrected chi connectivity index (χ4v) is 3.98. The highest BCUT2D eigenvalue weighted by molar-refractivity contribution is 7.89. The molecule has 5 nitrogen and oxygen atoms in total. The number of hydrogen-bond donors (Lipinski definition) is 0. The molecule has 102 valence electrons. The van der Waals surface area contributed by atoms with Gasteiger partial charge < -0.3 is 4.90 Å². The Labute approximate surface area is 112 Å². The third kappa shape index (κ3) is 2.67. The van der Waals surface area contributed by atoms with E-state index in [-0.39, 0.29) is 5.75 Å². The lowest BCUT2D eigenvalue weighted by Gasteiger charge is -2.33. The number of thiazole rings is 1. The molecule has 18 heavy (non-hydrogen) atoms. The molecule has 2 rings (SSSR count). The first kappa shape index (κ1) is 13.8. The monoisotopic (exact) mass is 289 g/mol. The number of anilines is 1. The molecule has 1 fully saturated rings. The Bertz CT molecular complexity index is 497. The molecule has 0 amide bonds. The van der Waals surface area contributed by atoms with Gasteiger partial charge in [0, 0.05) is 31.1 Å². The topological polar surface area (TPSA) is 53.5 Å². The number of piperazine rings is 1. The summed E-state index contributed by atoms with van der Waals surface area (Å²) in [6.45, 7) is 8.34. The number of aromatic nitrogens is 1. The van der Waals surface area contributed by atoms with E-state index < -0.39 is 10.0 Å². The lowest BCUT2D eigenvalue weighted by Crippen LogP contribution is -2.49. The first-order valence-corrected chi connectivity index (χ1v) is 8.53. The van der Waals surface area contributed by atoms with Gasteiger partial charge in [0.05, 0.1) is 11.4 Å². The van der Waals surface area contributed by atoms with Crippen LogP contribution in [0.5, 0.6) is 0 Å². The maximum absolute atomic E-state index is 11.8. The van der Waals surface area contributed by atoms with Crippen LogP contribution in [0.3, 0.4) is 0 Å². The highest BCUT2D eigenvalue weighted by atomic mass is 32.2. The molecule has 0 bridgehead atoms. The highest BCUT2D eigenvalue weighted by Gasteiger charge is 2.26. The summed E-state index contributed by atoms with van der Waals surface area (Å²) in [6, 6.07) is 0. The number of rotatable bonds is 3. The van der Waals surface area contributed by atoms with Crippen LogP contribution < -0.4 is 4.90 Å². The van der Waals surface area contributed by atoms with Crippen LogP contribution in [0.25, 0.3) is 0 Å². The van der Waals surface area contributed by atoms with Gasteiger partial charge in [-0.05, 0) is 20.8 Å². The Morgan fingerprint density at radius 2 is 1.83 bits per heavy atom. The fraction of sp³-hybridized carbons (Fsp3) is 0.727. The summed E-state index contributed by atoms with van der Waals surface area (Å²) in [7, 11) is -3.04. The van der Waals surface area contributed by atoms with Crippen molar-refractivity contribution in [3.63, 3.8) is 0 Å². The number of nitrogens with zero attached hydrogens (tertiary/aromatic N) is 3. The zero-order valence-corrected chi connectivity index (χ0v) is 12.6. The van der Waals surface area contributed by atoms with Crippen molar-refractivity contribution < 1.29 is 8.42 Å².